The van der Waals surface area contributed by atoms with Crippen molar-refractivity contribution >= 4 is 30.2 Å². The predicted molar refractivity (Wildman–Crippen MR) is 94.0 cm³/mol. The van der Waals surface area contributed by atoms with E-state index < -0.39 is 5.97 Å². The number of nitrogens with zero attached hydrogens (tertiary/aromatic N) is 1. The van der Waals surface area contributed by atoms with Crippen molar-refractivity contribution in [3.63, 3.8) is 0 Å². The van der Waals surface area contributed by atoms with E-state index in [4.69, 9.17) is 5.11 Å². The summed E-state index contributed by atoms with van der Waals surface area (Å²) >= 11 is 0. The van der Waals surface area contributed by atoms with Gasteiger partial charge in [0.05, 0.1) is 11.3 Å². The smallest absolute Gasteiger partial charge is 0.337 e. The number of hydrogen-bond acceptors (Lipinski definition) is 3. The van der Waals surface area contributed by atoms with Crippen LogP contribution in [0.1, 0.15) is 22.3 Å². The molecule has 24 heavy (non-hydrogen) atoms. The van der Waals surface area contributed by atoms with E-state index in [2.05, 4.69) is 23.5 Å². The summed E-state index contributed by atoms with van der Waals surface area (Å²) in [6.07, 6.45) is 7.52. The molecule has 2 N–H and O–H groups in total. The van der Waals surface area contributed by atoms with E-state index in [0.717, 1.165) is 16.0 Å². The molecule has 122 valence electrons. The molecule has 5 nitrogen and oxygen atoms in total. The average molecular weight is 322 g/mol. The number of aromatic carboxylic acids is 1. The van der Waals surface area contributed by atoms with Gasteiger partial charge in [0, 0.05) is 18.8 Å². The molecule has 1 aromatic heterocycles. The Kier molecular flexibility index (Phi) is 5.63. The highest BCUT2D eigenvalue weighted by Gasteiger charge is 2.11. The van der Waals surface area contributed by atoms with Crippen LogP contribution in [-0.2, 0) is 11.2 Å². The maximum atomic E-state index is 12.1. The molecule has 0 aliphatic heterocycles. The number of aryl methyl sites for hydroxylation is 1. The third-order valence-corrected chi connectivity index (χ3v) is 3.49. The van der Waals surface area contributed by atoms with Gasteiger partial charge in [0.15, 0.2) is 0 Å². The third kappa shape index (κ3) is 4.16. The molecule has 0 aliphatic rings. The molecule has 0 radical (unpaired) electrons. The summed E-state index contributed by atoms with van der Waals surface area (Å²) in [4.78, 5) is 27.4. The molecule has 0 unspecified atom stereocenters. The summed E-state index contributed by atoms with van der Waals surface area (Å²) in [6, 6.07) is 6.30. The number of nitrogens with one attached hydrogen (secondary N) is 1. The first kappa shape index (κ1) is 17.1. The lowest BCUT2D eigenvalue weighted by Gasteiger charge is -2.08. The fraction of sp³-hybridized carbons (Fsp3) is 0.105. The van der Waals surface area contributed by atoms with Gasteiger partial charge in [0.25, 0.3) is 0 Å². The number of para-hydroxylation sites is 1. The van der Waals surface area contributed by atoms with Gasteiger partial charge in [-0.1, -0.05) is 37.4 Å². The van der Waals surface area contributed by atoms with Gasteiger partial charge in [-0.25, -0.2) is 4.79 Å². The Balaban J connectivity index is 2.12. The van der Waals surface area contributed by atoms with Gasteiger partial charge in [0.1, 0.15) is 0 Å². The zero-order valence-corrected chi connectivity index (χ0v) is 13.2. The van der Waals surface area contributed by atoms with Crippen LogP contribution >= 0.6 is 0 Å². The van der Waals surface area contributed by atoms with Crippen LogP contribution in [0.5, 0.6) is 0 Å². The quantitative estimate of drug-likeness (QED) is 0.849. The van der Waals surface area contributed by atoms with Gasteiger partial charge in [-0.2, -0.15) is 0 Å². The zero-order valence-electron chi connectivity index (χ0n) is 13.2. The predicted octanol–water partition coefficient (Wildman–Crippen LogP) is 1.73. The molecule has 0 fully saturated rings. The molecule has 0 aliphatic carbocycles. The number of anilines is 1. The van der Waals surface area contributed by atoms with Crippen LogP contribution in [0.15, 0.2) is 49.3 Å². The van der Waals surface area contributed by atoms with Crippen molar-refractivity contribution in [1.29, 1.82) is 0 Å². The average Bonchev–Trinajstić information content (AvgIpc) is 2.56. The minimum Gasteiger partial charge on any atom is -0.478 e. The molecule has 2 aromatic rings. The molecule has 1 aromatic carbocycles. The van der Waals surface area contributed by atoms with Crippen LogP contribution in [-0.4, -0.2) is 22.0 Å². The number of amides is 1. The van der Waals surface area contributed by atoms with Crippen LogP contribution in [0, 0.1) is 0 Å². The van der Waals surface area contributed by atoms with Crippen LogP contribution in [0.2, 0.25) is 0 Å². The SMILES string of the molecule is C=C/C=c1/c(CCC(=O)Nc2ccccc2C(=O)O)cncc1=C. The van der Waals surface area contributed by atoms with Gasteiger partial charge in [-0.3, -0.25) is 9.78 Å². The molecule has 5 heteroatoms. The van der Waals surface area contributed by atoms with E-state index in [9.17, 15) is 9.59 Å². The molecule has 0 atom stereocenters. The fourth-order valence-corrected chi connectivity index (χ4v) is 2.33. The minimum atomic E-state index is -1.08. The normalized spacial score (nSPS) is 11.1. The number of aromatic nitrogens is 1. The fourth-order valence-electron chi connectivity index (χ4n) is 2.33. The number of hydrogen-bond donors (Lipinski definition) is 2. The summed E-state index contributed by atoms with van der Waals surface area (Å²) in [7, 11) is 0. The zero-order chi connectivity index (χ0) is 17.5. The van der Waals surface area contributed by atoms with E-state index in [1.54, 1.807) is 36.7 Å². The summed E-state index contributed by atoms with van der Waals surface area (Å²) in [5, 5.41) is 13.4. The van der Waals surface area contributed by atoms with Gasteiger partial charge in [-0.05, 0) is 34.6 Å². The molecule has 0 spiro atoms. The van der Waals surface area contributed by atoms with Crippen molar-refractivity contribution in [2.24, 2.45) is 0 Å². The Bertz CT molecular complexity index is 888. The summed E-state index contributed by atoms with van der Waals surface area (Å²) in [5.74, 6) is -1.34. The van der Waals surface area contributed by atoms with Crippen LogP contribution in [0.3, 0.4) is 0 Å². The second-order valence-corrected chi connectivity index (χ2v) is 5.17. The van der Waals surface area contributed by atoms with Crippen molar-refractivity contribution in [1.82, 2.24) is 4.98 Å². The number of rotatable bonds is 6. The van der Waals surface area contributed by atoms with Crippen LogP contribution < -0.4 is 15.8 Å². The lowest BCUT2D eigenvalue weighted by Crippen LogP contribution is -2.28. The van der Waals surface area contributed by atoms with E-state index in [1.165, 1.54) is 6.07 Å². The summed E-state index contributed by atoms with van der Waals surface area (Å²) < 4.78 is 0. The molecular weight excluding hydrogens is 304 g/mol. The Labute approximate surface area is 139 Å². The Morgan fingerprint density at radius 3 is 2.71 bits per heavy atom. The number of carboxylic acid groups (broad SMARTS) is 1. The molecule has 0 saturated carbocycles. The number of allylic oxidation sites excluding steroid dienone is 1. The monoisotopic (exact) mass is 322 g/mol. The molecule has 1 heterocycles. The first-order valence-electron chi connectivity index (χ1n) is 7.39. The van der Waals surface area contributed by atoms with E-state index in [1.807, 2.05) is 6.08 Å². The first-order chi connectivity index (χ1) is 11.5. The van der Waals surface area contributed by atoms with Gasteiger partial charge in [-0.15, -0.1) is 0 Å². The molecule has 1 amide bonds. The lowest BCUT2D eigenvalue weighted by atomic mass is 10.1. The number of carbonyl (C=O) groups excluding carboxylic acids is 1. The maximum Gasteiger partial charge on any atom is 0.337 e. The maximum absolute atomic E-state index is 12.1. The number of carbonyl (C=O) groups is 2. The second kappa shape index (κ2) is 7.87. The Hall–Kier alpha value is -3.21. The highest BCUT2D eigenvalue weighted by molar-refractivity contribution is 6.00. The third-order valence-electron chi connectivity index (χ3n) is 3.49. The summed E-state index contributed by atoms with van der Waals surface area (Å²) in [5.41, 5.74) is 1.24. The highest BCUT2D eigenvalue weighted by Crippen LogP contribution is 2.15. The molecule has 2 rings (SSSR count). The van der Waals surface area contributed by atoms with Crippen molar-refractivity contribution in [2.45, 2.75) is 12.8 Å². The molecular formula is C19H18N2O3. The van der Waals surface area contributed by atoms with E-state index in [0.29, 0.717) is 6.42 Å². The van der Waals surface area contributed by atoms with E-state index in [-0.39, 0.29) is 23.6 Å². The topological polar surface area (TPSA) is 79.3 Å². The minimum absolute atomic E-state index is 0.0629. The number of benzene rings is 1. The summed E-state index contributed by atoms with van der Waals surface area (Å²) in [6.45, 7) is 7.60. The lowest BCUT2D eigenvalue weighted by molar-refractivity contribution is -0.116. The Morgan fingerprint density at radius 1 is 1.25 bits per heavy atom. The van der Waals surface area contributed by atoms with Gasteiger partial charge in [0.2, 0.25) is 5.91 Å². The molecule has 0 bridgehead atoms. The van der Waals surface area contributed by atoms with Crippen molar-refractivity contribution in [3.8, 4) is 0 Å². The molecule has 0 saturated heterocycles. The first-order valence-corrected chi connectivity index (χ1v) is 7.39. The standard InChI is InChI=1S/C19H18N2O3/c1-3-6-15-13(2)11-20-12-14(15)9-10-18(22)21-17-8-5-4-7-16(17)19(23)24/h3-8,11-12H,1-2,9-10H2,(H,21,22)(H,23,24)/b15-6+. The van der Waals surface area contributed by atoms with E-state index >= 15 is 0 Å². The Morgan fingerprint density at radius 2 is 2.00 bits per heavy atom. The van der Waals surface area contributed by atoms with Crippen molar-refractivity contribution < 1.29 is 14.7 Å². The van der Waals surface area contributed by atoms with Crippen LogP contribution in [0.25, 0.3) is 12.7 Å². The second-order valence-electron chi connectivity index (χ2n) is 5.17. The van der Waals surface area contributed by atoms with Crippen molar-refractivity contribution in [3.05, 3.63) is 70.9 Å². The largest absolute Gasteiger partial charge is 0.478 e. The number of carboxylic acids is 1. The highest BCUT2D eigenvalue weighted by atomic mass is 16.4. The van der Waals surface area contributed by atoms with Gasteiger partial charge >= 0.3 is 5.97 Å². The number of pyridine rings is 1. The van der Waals surface area contributed by atoms with Crippen molar-refractivity contribution in [2.75, 3.05) is 5.32 Å². The van der Waals surface area contributed by atoms with Gasteiger partial charge < -0.3 is 10.4 Å². The van der Waals surface area contributed by atoms with Crippen LogP contribution in [0.4, 0.5) is 5.69 Å².